The van der Waals surface area contributed by atoms with Crippen molar-refractivity contribution >= 4 is 15.9 Å². The molecule has 1 fully saturated rings. The number of benzene rings is 2. The third kappa shape index (κ3) is 5.33. The molecule has 1 N–H and O–H groups in total. The van der Waals surface area contributed by atoms with E-state index in [-0.39, 0.29) is 30.1 Å². The second kappa shape index (κ2) is 10.1. The van der Waals surface area contributed by atoms with Crippen molar-refractivity contribution in [1.29, 1.82) is 0 Å². The summed E-state index contributed by atoms with van der Waals surface area (Å²) in [6.07, 6.45) is 0.472. The van der Waals surface area contributed by atoms with Gasteiger partial charge in [-0.05, 0) is 42.3 Å². The van der Waals surface area contributed by atoms with Crippen molar-refractivity contribution in [2.75, 3.05) is 47.1 Å². The second-order valence-electron chi connectivity index (χ2n) is 6.85. The van der Waals surface area contributed by atoms with E-state index in [4.69, 9.17) is 14.2 Å². The molecule has 10 heteroatoms. The minimum atomic E-state index is -3.83. The molecule has 1 aliphatic rings. The first-order valence-electron chi connectivity index (χ1n) is 9.73. The summed E-state index contributed by atoms with van der Waals surface area (Å²) in [5.41, 5.74) is 0.573. The van der Waals surface area contributed by atoms with Gasteiger partial charge >= 0.3 is 0 Å². The normalized spacial score (nSPS) is 14.8. The molecule has 0 aromatic heterocycles. The van der Waals surface area contributed by atoms with Crippen LogP contribution in [-0.2, 0) is 21.2 Å². The molecule has 1 amide bonds. The van der Waals surface area contributed by atoms with Crippen LogP contribution < -0.4 is 14.8 Å². The molecular weight excluding hydrogens is 427 g/mol. The van der Waals surface area contributed by atoms with Crippen molar-refractivity contribution in [3.8, 4) is 11.5 Å². The minimum absolute atomic E-state index is 0.124. The number of ether oxygens (including phenoxy) is 3. The van der Waals surface area contributed by atoms with Crippen molar-refractivity contribution < 1.29 is 31.8 Å². The van der Waals surface area contributed by atoms with Crippen LogP contribution in [-0.4, -0.2) is 65.7 Å². The smallest absolute Gasteiger partial charge is 0.254 e. The molecule has 1 heterocycles. The van der Waals surface area contributed by atoms with E-state index in [9.17, 15) is 17.6 Å². The van der Waals surface area contributed by atoms with E-state index in [1.54, 1.807) is 19.2 Å². The summed E-state index contributed by atoms with van der Waals surface area (Å²) in [5.74, 6) is -0.310. The van der Waals surface area contributed by atoms with Gasteiger partial charge in [-0.15, -0.1) is 0 Å². The number of sulfonamides is 1. The molecule has 0 unspecified atom stereocenters. The Balaban J connectivity index is 1.68. The van der Waals surface area contributed by atoms with Crippen molar-refractivity contribution in [2.45, 2.75) is 11.3 Å². The number of morpholine rings is 1. The molecule has 3 rings (SSSR count). The Morgan fingerprint density at radius 3 is 2.48 bits per heavy atom. The Hall–Kier alpha value is -2.69. The number of hydrogen-bond acceptors (Lipinski definition) is 6. The van der Waals surface area contributed by atoms with Gasteiger partial charge in [0.15, 0.2) is 11.5 Å². The first kappa shape index (κ1) is 23.0. The van der Waals surface area contributed by atoms with Gasteiger partial charge in [0.25, 0.3) is 5.91 Å². The molecule has 2 aromatic rings. The first-order valence-corrected chi connectivity index (χ1v) is 11.2. The Kier molecular flexibility index (Phi) is 7.47. The number of halogens is 1. The fraction of sp³-hybridized carbons (Fsp3) is 0.381. The van der Waals surface area contributed by atoms with Gasteiger partial charge in [0.1, 0.15) is 5.82 Å². The van der Waals surface area contributed by atoms with Gasteiger partial charge in [-0.25, -0.2) is 12.8 Å². The van der Waals surface area contributed by atoms with Crippen molar-refractivity contribution in [3.05, 3.63) is 53.3 Å². The Morgan fingerprint density at radius 2 is 1.81 bits per heavy atom. The SMILES string of the molecule is COc1ccc(CCNC(=O)c2cc(S(=O)(=O)N3CCOCC3)ccc2F)cc1OC. The van der Waals surface area contributed by atoms with Gasteiger partial charge in [0, 0.05) is 19.6 Å². The van der Waals surface area contributed by atoms with E-state index in [1.807, 2.05) is 6.07 Å². The molecule has 1 saturated heterocycles. The van der Waals surface area contributed by atoms with Crippen molar-refractivity contribution in [3.63, 3.8) is 0 Å². The number of carbonyl (C=O) groups is 1. The summed E-state index contributed by atoms with van der Waals surface area (Å²) < 4.78 is 56.7. The summed E-state index contributed by atoms with van der Waals surface area (Å²) in [6, 6.07) is 8.63. The molecule has 0 saturated carbocycles. The van der Waals surface area contributed by atoms with Crippen LogP contribution in [0.4, 0.5) is 4.39 Å². The topological polar surface area (TPSA) is 94.2 Å². The lowest BCUT2D eigenvalue weighted by Gasteiger charge is -2.26. The summed E-state index contributed by atoms with van der Waals surface area (Å²) in [5, 5.41) is 2.63. The van der Waals surface area contributed by atoms with Crippen LogP contribution in [0.5, 0.6) is 11.5 Å². The fourth-order valence-electron chi connectivity index (χ4n) is 3.23. The van der Waals surface area contributed by atoms with E-state index in [2.05, 4.69) is 5.32 Å². The zero-order valence-electron chi connectivity index (χ0n) is 17.4. The van der Waals surface area contributed by atoms with E-state index < -0.39 is 21.7 Å². The Labute approximate surface area is 181 Å². The van der Waals surface area contributed by atoms with Gasteiger partial charge in [-0.3, -0.25) is 4.79 Å². The molecule has 2 aromatic carbocycles. The zero-order chi connectivity index (χ0) is 22.4. The number of methoxy groups -OCH3 is 2. The summed E-state index contributed by atoms with van der Waals surface area (Å²) in [7, 11) is -0.758. The monoisotopic (exact) mass is 452 g/mol. The highest BCUT2D eigenvalue weighted by molar-refractivity contribution is 7.89. The predicted octanol–water partition coefficient (Wildman–Crippen LogP) is 1.84. The van der Waals surface area contributed by atoms with Gasteiger partial charge in [-0.1, -0.05) is 6.07 Å². The molecule has 31 heavy (non-hydrogen) atoms. The van der Waals surface area contributed by atoms with Gasteiger partial charge in [0.05, 0.1) is 37.9 Å². The van der Waals surface area contributed by atoms with Crippen molar-refractivity contribution in [1.82, 2.24) is 9.62 Å². The van der Waals surface area contributed by atoms with Crippen LogP contribution in [0.3, 0.4) is 0 Å². The second-order valence-corrected chi connectivity index (χ2v) is 8.79. The lowest BCUT2D eigenvalue weighted by atomic mass is 10.1. The van der Waals surface area contributed by atoms with Gasteiger partial charge in [-0.2, -0.15) is 4.31 Å². The number of rotatable bonds is 8. The number of amides is 1. The van der Waals surface area contributed by atoms with Gasteiger partial charge < -0.3 is 19.5 Å². The van der Waals surface area contributed by atoms with Crippen LogP contribution >= 0.6 is 0 Å². The molecular formula is C21H25FN2O6S. The van der Waals surface area contributed by atoms with Crippen LogP contribution in [0, 0.1) is 5.82 Å². The average Bonchev–Trinajstić information content (AvgIpc) is 2.79. The lowest BCUT2D eigenvalue weighted by Crippen LogP contribution is -2.40. The van der Waals surface area contributed by atoms with E-state index in [0.29, 0.717) is 31.1 Å². The standard InChI is InChI=1S/C21H25FN2O6S/c1-28-19-6-3-15(13-20(19)29-2)7-8-23-21(25)17-14-16(4-5-18(17)22)31(26,27)24-9-11-30-12-10-24/h3-6,13-14H,7-12H2,1-2H3,(H,23,25). The summed E-state index contributed by atoms with van der Waals surface area (Å²) >= 11 is 0. The quantitative estimate of drug-likeness (QED) is 0.657. The molecule has 0 spiro atoms. The number of hydrogen-bond donors (Lipinski definition) is 1. The number of carbonyl (C=O) groups excluding carboxylic acids is 1. The maximum absolute atomic E-state index is 14.3. The fourth-order valence-corrected chi connectivity index (χ4v) is 4.66. The summed E-state index contributed by atoms with van der Waals surface area (Å²) in [6.45, 7) is 1.25. The zero-order valence-corrected chi connectivity index (χ0v) is 18.2. The number of nitrogens with one attached hydrogen (secondary N) is 1. The van der Waals surface area contributed by atoms with E-state index in [1.165, 1.54) is 17.5 Å². The molecule has 0 atom stereocenters. The highest BCUT2D eigenvalue weighted by Crippen LogP contribution is 2.27. The molecule has 0 bridgehead atoms. The maximum Gasteiger partial charge on any atom is 0.254 e. The van der Waals surface area contributed by atoms with E-state index >= 15 is 0 Å². The molecule has 1 aliphatic heterocycles. The molecule has 0 aliphatic carbocycles. The lowest BCUT2D eigenvalue weighted by molar-refractivity contribution is 0.0730. The highest BCUT2D eigenvalue weighted by Gasteiger charge is 2.27. The molecule has 8 nitrogen and oxygen atoms in total. The van der Waals surface area contributed by atoms with E-state index in [0.717, 1.165) is 17.7 Å². The largest absolute Gasteiger partial charge is 0.493 e. The van der Waals surface area contributed by atoms with Crippen LogP contribution in [0.15, 0.2) is 41.3 Å². The first-order chi connectivity index (χ1) is 14.9. The average molecular weight is 453 g/mol. The third-order valence-electron chi connectivity index (χ3n) is 4.94. The predicted molar refractivity (Wildman–Crippen MR) is 112 cm³/mol. The Morgan fingerprint density at radius 1 is 1.10 bits per heavy atom. The minimum Gasteiger partial charge on any atom is -0.493 e. The third-order valence-corrected chi connectivity index (χ3v) is 6.83. The number of nitrogens with zero attached hydrogens (tertiary/aromatic N) is 1. The summed E-state index contributed by atoms with van der Waals surface area (Å²) in [4.78, 5) is 12.4. The van der Waals surface area contributed by atoms with Crippen LogP contribution in [0.25, 0.3) is 0 Å². The van der Waals surface area contributed by atoms with Crippen LogP contribution in [0.1, 0.15) is 15.9 Å². The molecule has 0 radical (unpaired) electrons. The van der Waals surface area contributed by atoms with Gasteiger partial charge in [0.2, 0.25) is 10.0 Å². The maximum atomic E-state index is 14.3. The highest BCUT2D eigenvalue weighted by atomic mass is 32.2. The van der Waals surface area contributed by atoms with Crippen molar-refractivity contribution in [2.24, 2.45) is 0 Å². The van der Waals surface area contributed by atoms with Crippen LogP contribution in [0.2, 0.25) is 0 Å². The Bertz CT molecular complexity index is 1040. The molecule has 168 valence electrons.